The fraction of sp³-hybridized carbons (Fsp3) is 0.436. The number of amides is 1. The first kappa shape index (κ1) is 35.0. The lowest BCUT2D eigenvalue weighted by Gasteiger charge is -2.32. The number of aromatic nitrogens is 4. The molecule has 1 amide bonds. The Hall–Kier alpha value is -4.03. The van der Waals surface area contributed by atoms with Crippen molar-refractivity contribution in [1.29, 1.82) is 0 Å². The van der Waals surface area contributed by atoms with Gasteiger partial charge in [-0.05, 0) is 68.2 Å². The molecule has 4 heterocycles. The molecule has 52 heavy (non-hydrogen) atoms. The Kier molecular flexibility index (Phi) is 9.05. The summed E-state index contributed by atoms with van der Waals surface area (Å²) in [5, 5.41) is 16.7. The summed E-state index contributed by atoms with van der Waals surface area (Å²) in [6.45, 7) is 3.84. The van der Waals surface area contributed by atoms with Crippen LogP contribution in [0.15, 0.2) is 36.4 Å². The third-order valence-corrected chi connectivity index (χ3v) is 12.9. The smallest absolute Gasteiger partial charge is 0.309 e. The SMILES string of the molecule is Cn1c(C(=O)Nc2cccc(-c3cccc(/C=C(\F)c4nc5c(n4C)CCNC5)c3Cl)c2Cl)nc2c1CCN(CCC13CCC(C(=O)O)(CC1)C3)C2. The van der Waals surface area contributed by atoms with E-state index in [2.05, 4.69) is 20.5 Å². The van der Waals surface area contributed by atoms with Crippen molar-refractivity contribution in [3.8, 4) is 11.1 Å². The summed E-state index contributed by atoms with van der Waals surface area (Å²) in [5.41, 5.74) is 5.52. The van der Waals surface area contributed by atoms with E-state index in [1.165, 1.54) is 6.08 Å². The second-order valence-corrected chi connectivity index (χ2v) is 15.8. The molecule has 2 saturated carbocycles. The summed E-state index contributed by atoms with van der Waals surface area (Å²) in [4.78, 5) is 37.3. The van der Waals surface area contributed by atoms with Gasteiger partial charge in [0.25, 0.3) is 5.91 Å². The number of nitrogens with zero attached hydrogens (tertiary/aromatic N) is 5. The van der Waals surface area contributed by atoms with E-state index < -0.39 is 17.2 Å². The molecule has 0 radical (unpaired) electrons. The quantitative estimate of drug-likeness (QED) is 0.165. The van der Waals surface area contributed by atoms with Crippen LogP contribution in [0.5, 0.6) is 0 Å². The molecule has 13 heteroatoms. The van der Waals surface area contributed by atoms with E-state index in [9.17, 15) is 14.7 Å². The Bertz CT molecular complexity index is 2130. The van der Waals surface area contributed by atoms with Gasteiger partial charge in [0.05, 0.1) is 32.5 Å². The Morgan fingerprint density at radius 2 is 1.65 bits per heavy atom. The van der Waals surface area contributed by atoms with Gasteiger partial charge in [-0.1, -0.05) is 53.5 Å². The van der Waals surface area contributed by atoms with Gasteiger partial charge in [0.2, 0.25) is 0 Å². The molecular weight excluding hydrogens is 704 g/mol. The number of hydrogen-bond acceptors (Lipinski definition) is 6. The number of carbonyl (C=O) groups is 2. The number of carboxylic acid groups (broad SMARTS) is 1. The van der Waals surface area contributed by atoms with E-state index in [1.807, 2.05) is 30.8 Å². The summed E-state index contributed by atoms with van der Waals surface area (Å²) < 4.78 is 19.3. The number of anilines is 1. The van der Waals surface area contributed by atoms with Crippen LogP contribution in [-0.4, -0.2) is 60.6 Å². The van der Waals surface area contributed by atoms with Gasteiger partial charge in [-0.25, -0.2) is 14.4 Å². The number of hydrogen-bond donors (Lipinski definition) is 3. The van der Waals surface area contributed by atoms with Gasteiger partial charge in [-0.2, -0.15) is 0 Å². The van der Waals surface area contributed by atoms with E-state index >= 15 is 4.39 Å². The van der Waals surface area contributed by atoms with Crippen molar-refractivity contribution >= 4 is 52.7 Å². The predicted molar refractivity (Wildman–Crippen MR) is 200 cm³/mol. The van der Waals surface area contributed by atoms with Crippen molar-refractivity contribution in [1.82, 2.24) is 29.3 Å². The van der Waals surface area contributed by atoms with Gasteiger partial charge in [0.15, 0.2) is 17.5 Å². The number of nitrogens with one attached hydrogen (secondary N) is 2. The van der Waals surface area contributed by atoms with Crippen molar-refractivity contribution in [2.24, 2.45) is 24.9 Å². The molecule has 2 fully saturated rings. The van der Waals surface area contributed by atoms with Gasteiger partial charge in [-0.15, -0.1) is 0 Å². The zero-order chi connectivity index (χ0) is 36.4. The topological polar surface area (TPSA) is 117 Å². The highest BCUT2D eigenvalue weighted by atomic mass is 35.5. The van der Waals surface area contributed by atoms with E-state index in [4.69, 9.17) is 28.2 Å². The standard InChI is InChI=1S/C39H42Cl2FN7O3/c1-47-30-9-16-43-20-28(30)44-34(47)26(42)19-23-5-3-6-24(32(23)40)25-7-4-8-27(33(25)41)46-36(50)35-45-29-21-49(17-10-31(29)48(35)2)18-15-38-11-13-39(22-38,14-12-38)37(51)52/h3-8,19,43H,9-18,20-22H2,1-2H3,(H,46,50)(H,51,52)/b26-19-. The Labute approximate surface area is 312 Å². The van der Waals surface area contributed by atoms with Gasteiger partial charge in [0, 0.05) is 75.6 Å². The minimum absolute atomic E-state index is 0.136. The summed E-state index contributed by atoms with van der Waals surface area (Å²) >= 11 is 13.8. The summed E-state index contributed by atoms with van der Waals surface area (Å²) in [5.74, 6) is -0.930. The molecule has 10 nitrogen and oxygen atoms in total. The number of carboxylic acids is 1. The molecule has 3 N–H and O–H groups in total. The fourth-order valence-corrected chi connectivity index (χ4v) is 9.64. The molecule has 0 unspecified atom stereocenters. The van der Waals surface area contributed by atoms with Crippen LogP contribution >= 0.6 is 23.2 Å². The van der Waals surface area contributed by atoms with Crippen molar-refractivity contribution in [3.63, 3.8) is 0 Å². The number of imidazole rings is 2. The minimum Gasteiger partial charge on any atom is -0.481 e. The maximum atomic E-state index is 15.6. The third-order valence-electron chi connectivity index (χ3n) is 12.1. The molecule has 272 valence electrons. The number of rotatable bonds is 9. The molecule has 0 atom stereocenters. The number of halogens is 3. The summed E-state index contributed by atoms with van der Waals surface area (Å²) in [6.07, 6.45) is 8.32. The number of carbonyl (C=O) groups excluding carboxylic acids is 1. The number of fused-ring (bicyclic) bond motifs is 4. The zero-order valence-electron chi connectivity index (χ0n) is 29.4. The first-order valence-electron chi connectivity index (χ1n) is 18.0. The molecule has 2 aliphatic carbocycles. The second-order valence-electron chi connectivity index (χ2n) is 15.1. The third kappa shape index (κ3) is 6.05. The van der Waals surface area contributed by atoms with E-state index in [-0.39, 0.29) is 17.1 Å². The molecule has 4 aliphatic rings. The molecule has 8 rings (SSSR count). The van der Waals surface area contributed by atoms with E-state index in [1.54, 1.807) is 28.8 Å². The normalized spacial score (nSPS) is 22.8. The van der Waals surface area contributed by atoms with Crippen LogP contribution in [0.1, 0.15) is 83.3 Å². The van der Waals surface area contributed by atoms with Crippen molar-refractivity contribution < 1.29 is 19.1 Å². The molecular formula is C39H42Cl2FN7O3. The van der Waals surface area contributed by atoms with Gasteiger partial charge >= 0.3 is 5.97 Å². The van der Waals surface area contributed by atoms with Gasteiger partial charge in [0.1, 0.15) is 0 Å². The molecule has 0 spiro atoms. The largest absolute Gasteiger partial charge is 0.481 e. The molecule has 2 aromatic carbocycles. The Morgan fingerprint density at radius 3 is 2.38 bits per heavy atom. The lowest BCUT2D eigenvalue weighted by molar-refractivity contribution is -0.148. The first-order valence-corrected chi connectivity index (χ1v) is 18.7. The summed E-state index contributed by atoms with van der Waals surface area (Å²) in [7, 11) is 3.69. The van der Waals surface area contributed by atoms with Crippen LogP contribution in [0.4, 0.5) is 10.1 Å². The maximum absolute atomic E-state index is 15.6. The molecule has 4 aromatic rings. The molecule has 2 aliphatic heterocycles. The molecule has 0 saturated heterocycles. The second kappa shape index (κ2) is 13.4. The van der Waals surface area contributed by atoms with Crippen molar-refractivity contribution in [2.75, 3.05) is 25.0 Å². The lowest BCUT2D eigenvalue weighted by Crippen LogP contribution is -2.34. The average Bonchev–Trinajstić information content (AvgIpc) is 3.90. The number of aliphatic carboxylic acids is 1. The molecule has 2 bridgehead atoms. The van der Waals surface area contributed by atoms with Crippen LogP contribution in [0.3, 0.4) is 0 Å². The maximum Gasteiger partial charge on any atom is 0.309 e. The predicted octanol–water partition coefficient (Wildman–Crippen LogP) is 7.28. The van der Waals surface area contributed by atoms with Gasteiger partial charge in [-0.3, -0.25) is 14.5 Å². The highest BCUT2D eigenvalue weighted by molar-refractivity contribution is 6.39. The highest BCUT2D eigenvalue weighted by Gasteiger charge is 2.57. The Balaban J connectivity index is 0.970. The monoisotopic (exact) mass is 745 g/mol. The summed E-state index contributed by atoms with van der Waals surface area (Å²) in [6, 6.07) is 10.7. The molecule has 2 aromatic heterocycles. The van der Waals surface area contributed by atoms with Crippen molar-refractivity contribution in [2.45, 2.75) is 64.5 Å². The minimum atomic E-state index is -0.628. The first-order chi connectivity index (χ1) is 25.0. The highest BCUT2D eigenvalue weighted by Crippen LogP contribution is 2.63. The lowest BCUT2D eigenvalue weighted by atomic mass is 9.80. The van der Waals surface area contributed by atoms with Gasteiger partial charge < -0.3 is 24.9 Å². The van der Waals surface area contributed by atoms with E-state index in [0.29, 0.717) is 51.3 Å². The van der Waals surface area contributed by atoms with Crippen LogP contribution in [0, 0.1) is 10.8 Å². The van der Waals surface area contributed by atoms with E-state index in [0.717, 1.165) is 93.8 Å². The van der Waals surface area contributed by atoms with Crippen LogP contribution < -0.4 is 10.6 Å². The fourth-order valence-electron chi connectivity index (χ4n) is 9.08. The zero-order valence-corrected chi connectivity index (χ0v) is 30.9. The van der Waals surface area contributed by atoms with Crippen LogP contribution in [-0.2, 0) is 44.8 Å². The van der Waals surface area contributed by atoms with Crippen LogP contribution in [0.2, 0.25) is 10.0 Å². The Morgan fingerprint density at radius 1 is 0.962 bits per heavy atom. The average molecular weight is 747 g/mol. The van der Waals surface area contributed by atoms with Crippen molar-refractivity contribution in [3.05, 3.63) is 86.4 Å². The van der Waals surface area contributed by atoms with Crippen LogP contribution in [0.25, 0.3) is 23.0 Å². The number of benzene rings is 2.